The van der Waals surface area contributed by atoms with Gasteiger partial charge in [-0.05, 0) is 50.8 Å². The van der Waals surface area contributed by atoms with Gasteiger partial charge in [-0.15, -0.1) is 0 Å². The van der Waals surface area contributed by atoms with Gasteiger partial charge >= 0.3 is 5.97 Å². The molecule has 2 aliphatic heterocycles. The molecule has 0 radical (unpaired) electrons. The molecule has 1 saturated heterocycles. The van der Waals surface area contributed by atoms with E-state index in [1.54, 1.807) is 6.07 Å². The van der Waals surface area contributed by atoms with Crippen molar-refractivity contribution >= 4 is 28.1 Å². The molecule has 0 aliphatic carbocycles. The van der Waals surface area contributed by atoms with Gasteiger partial charge in [0.1, 0.15) is 0 Å². The zero-order chi connectivity index (χ0) is 24.4. The first-order valence-corrected chi connectivity index (χ1v) is 12.8. The topological polar surface area (TPSA) is 170 Å². The molecule has 2 heterocycles. The van der Waals surface area contributed by atoms with Crippen LogP contribution >= 0.6 is 0 Å². The van der Waals surface area contributed by atoms with Crippen LogP contribution in [0, 0.1) is 0 Å². The van der Waals surface area contributed by atoms with Gasteiger partial charge in [0.05, 0.1) is 4.90 Å². The fourth-order valence-electron chi connectivity index (χ4n) is 3.69. The number of rotatable bonds is 13. The normalized spacial score (nSPS) is 22.2. The number of hydrogen-bond acceptors (Lipinski definition) is 9. The lowest BCUT2D eigenvalue weighted by atomic mass is 10.0. The molecule has 3 rings (SSSR count). The lowest BCUT2D eigenvalue weighted by Crippen LogP contribution is -2.66. The van der Waals surface area contributed by atoms with Gasteiger partial charge < -0.3 is 10.4 Å². The van der Waals surface area contributed by atoms with Crippen molar-refractivity contribution in [2.24, 2.45) is 4.99 Å². The molecule has 1 aromatic carbocycles. The Labute approximate surface area is 198 Å². The number of unbranched alkanes of at least 4 members (excludes halogenated alkanes) is 2. The van der Waals surface area contributed by atoms with Crippen molar-refractivity contribution in [2.45, 2.75) is 61.5 Å². The van der Waals surface area contributed by atoms with Gasteiger partial charge in [-0.1, -0.05) is 24.6 Å². The monoisotopic (exact) mass is 496 g/mol. The molecule has 13 heteroatoms. The Bertz CT molecular complexity index is 954. The van der Waals surface area contributed by atoms with E-state index in [1.807, 2.05) is 6.21 Å². The van der Waals surface area contributed by atoms with Crippen molar-refractivity contribution in [3.05, 3.63) is 30.3 Å². The zero-order valence-electron chi connectivity index (χ0n) is 18.8. The summed E-state index contributed by atoms with van der Waals surface area (Å²) in [5.41, 5.74) is 0.345. The minimum Gasteiger partial charge on any atom is -0.478 e. The molecular formula is C21H32N6O6S. The van der Waals surface area contributed by atoms with E-state index in [9.17, 15) is 23.1 Å². The van der Waals surface area contributed by atoms with E-state index in [0.717, 1.165) is 19.4 Å². The van der Waals surface area contributed by atoms with Crippen LogP contribution in [0.15, 0.2) is 40.2 Å². The van der Waals surface area contributed by atoms with Crippen molar-refractivity contribution in [2.75, 3.05) is 19.6 Å². The highest BCUT2D eigenvalue weighted by molar-refractivity contribution is 7.89. The van der Waals surface area contributed by atoms with Crippen LogP contribution in [-0.4, -0.2) is 69.3 Å². The highest BCUT2D eigenvalue weighted by Crippen LogP contribution is 2.19. The van der Waals surface area contributed by atoms with Crippen molar-refractivity contribution < 1.29 is 28.0 Å². The molecule has 0 spiro atoms. The predicted octanol–water partition coefficient (Wildman–Crippen LogP) is -0.347. The molecular weight excluding hydrogens is 464 g/mol. The molecule has 1 amide bonds. The highest BCUT2D eigenvalue weighted by Gasteiger charge is 2.45. The van der Waals surface area contributed by atoms with E-state index < -0.39 is 33.7 Å². The highest BCUT2D eigenvalue weighted by atomic mass is 32.2. The summed E-state index contributed by atoms with van der Waals surface area (Å²) in [5, 5.41) is 18.9. The lowest BCUT2D eigenvalue weighted by molar-refractivity contribution is -0.151. The number of hydroxylamine groups is 1. The maximum absolute atomic E-state index is 13.0. The maximum Gasteiger partial charge on any atom is 0.345 e. The predicted molar refractivity (Wildman–Crippen MR) is 124 cm³/mol. The summed E-state index contributed by atoms with van der Waals surface area (Å²) >= 11 is 0. The molecule has 1 aromatic rings. The molecule has 0 saturated carbocycles. The van der Waals surface area contributed by atoms with E-state index >= 15 is 0 Å². The number of carboxylic acids is 1. The molecule has 188 valence electrons. The molecule has 34 heavy (non-hydrogen) atoms. The Balaban J connectivity index is 1.66. The minimum absolute atomic E-state index is 0.0987. The number of nitrogens with zero attached hydrogens (tertiary/aromatic N) is 1. The van der Waals surface area contributed by atoms with Gasteiger partial charge in [0, 0.05) is 19.3 Å². The number of carboxylic acid groups (broad SMARTS) is 1. The van der Waals surface area contributed by atoms with E-state index in [2.05, 4.69) is 31.1 Å². The summed E-state index contributed by atoms with van der Waals surface area (Å²) < 4.78 is 28.2. The van der Waals surface area contributed by atoms with Crippen LogP contribution in [-0.2, 0) is 24.4 Å². The second kappa shape index (κ2) is 12.3. The van der Waals surface area contributed by atoms with Crippen molar-refractivity contribution in [1.29, 1.82) is 0 Å². The SMILES string of the molecule is O=C(NC(CCCCCNC1N=CCCN1)(NS(=O)(=O)c1ccccc1)C(=O)O)C1CCNO1. The van der Waals surface area contributed by atoms with Crippen molar-refractivity contribution in [3.63, 3.8) is 0 Å². The average Bonchev–Trinajstić information content (AvgIpc) is 3.37. The molecule has 6 N–H and O–H groups in total. The van der Waals surface area contributed by atoms with Gasteiger partial charge in [0.15, 0.2) is 12.4 Å². The zero-order valence-corrected chi connectivity index (χ0v) is 19.6. The largest absolute Gasteiger partial charge is 0.478 e. The van der Waals surface area contributed by atoms with Gasteiger partial charge in [0.25, 0.3) is 5.91 Å². The van der Waals surface area contributed by atoms with Crippen LogP contribution in [0.1, 0.15) is 38.5 Å². The fraction of sp³-hybridized carbons (Fsp3) is 0.571. The van der Waals surface area contributed by atoms with Crippen LogP contribution in [0.25, 0.3) is 0 Å². The third-order valence-corrected chi connectivity index (χ3v) is 7.03. The van der Waals surface area contributed by atoms with Crippen molar-refractivity contribution in [1.82, 2.24) is 26.2 Å². The first-order valence-electron chi connectivity index (χ1n) is 11.3. The maximum atomic E-state index is 13.0. The standard InChI is InChI=1S/C21H32N6O6S/c28-18(17-10-15-25-33-17)26-21(19(29)30,27-34(31,32)16-8-3-1-4-9-16)11-5-2-6-12-22-20-23-13-7-14-24-20/h1,3-4,8-9,13,17,20,22,24-25,27H,2,5-7,10-12,14-15H2,(H,26,28)(H,29,30). The van der Waals surface area contributed by atoms with Gasteiger partial charge in [0.2, 0.25) is 15.7 Å². The summed E-state index contributed by atoms with van der Waals surface area (Å²) in [6.07, 6.45) is 3.60. The summed E-state index contributed by atoms with van der Waals surface area (Å²) in [6.45, 7) is 1.93. The number of amides is 1. The van der Waals surface area contributed by atoms with E-state index in [1.165, 1.54) is 24.3 Å². The van der Waals surface area contributed by atoms with Gasteiger partial charge in [-0.3, -0.25) is 25.3 Å². The fourth-order valence-corrected chi connectivity index (χ4v) is 5.02. The number of benzene rings is 1. The first-order chi connectivity index (χ1) is 16.3. The summed E-state index contributed by atoms with van der Waals surface area (Å²) in [5.74, 6) is -2.20. The first kappa shape index (κ1) is 26.2. The smallest absolute Gasteiger partial charge is 0.345 e. The average molecular weight is 497 g/mol. The number of aliphatic imine (C=N–C) groups is 1. The Kier molecular flexibility index (Phi) is 9.50. The molecule has 2 aliphatic rings. The third-order valence-electron chi connectivity index (χ3n) is 5.52. The van der Waals surface area contributed by atoms with E-state index in [4.69, 9.17) is 4.84 Å². The quantitative estimate of drug-likeness (QED) is 0.158. The number of carbonyl (C=O) groups excluding carboxylic acids is 1. The molecule has 12 nitrogen and oxygen atoms in total. The molecule has 3 atom stereocenters. The number of sulfonamides is 1. The Morgan fingerprint density at radius 2 is 1.97 bits per heavy atom. The number of hydrogen-bond donors (Lipinski definition) is 6. The van der Waals surface area contributed by atoms with Gasteiger partial charge in [-0.25, -0.2) is 18.7 Å². The summed E-state index contributed by atoms with van der Waals surface area (Å²) in [4.78, 5) is 34.4. The second-order valence-corrected chi connectivity index (χ2v) is 9.83. The Morgan fingerprint density at radius 1 is 1.18 bits per heavy atom. The Morgan fingerprint density at radius 3 is 2.62 bits per heavy atom. The van der Waals surface area contributed by atoms with Crippen molar-refractivity contribution in [3.8, 4) is 0 Å². The minimum atomic E-state index is -4.23. The molecule has 1 fully saturated rings. The van der Waals surface area contributed by atoms with Crippen LogP contribution in [0.3, 0.4) is 0 Å². The Hall–Kier alpha value is -2.42. The van der Waals surface area contributed by atoms with E-state index in [-0.39, 0.29) is 17.6 Å². The van der Waals surface area contributed by atoms with Crippen LogP contribution in [0.5, 0.6) is 0 Å². The molecule has 0 aromatic heterocycles. The van der Waals surface area contributed by atoms with Crippen LogP contribution < -0.4 is 26.2 Å². The van der Waals surface area contributed by atoms with Crippen LogP contribution in [0.4, 0.5) is 0 Å². The van der Waals surface area contributed by atoms with Crippen LogP contribution in [0.2, 0.25) is 0 Å². The number of carbonyl (C=O) groups is 2. The van der Waals surface area contributed by atoms with E-state index in [0.29, 0.717) is 32.4 Å². The third kappa shape index (κ3) is 7.29. The number of nitrogens with one attached hydrogen (secondary N) is 5. The summed E-state index contributed by atoms with van der Waals surface area (Å²) in [7, 11) is -4.23. The lowest BCUT2D eigenvalue weighted by Gasteiger charge is -2.32. The second-order valence-electron chi connectivity index (χ2n) is 8.15. The van der Waals surface area contributed by atoms with Gasteiger partial charge in [-0.2, -0.15) is 4.72 Å². The molecule has 0 bridgehead atoms. The summed E-state index contributed by atoms with van der Waals surface area (Å²) in [6, 6.07) is 7.43. The molecule has 3 unspecified atom stereocenters. The number of aliphatic carboxylic acids is 1.